The molecule has 0 aromatic heterocycles. The van der Waals surface area contributed by atoms with E-state index in [2.05, 4.69) is 15.2 Å². The number of nitro benzene ring substituents is 1. The first-order valence-electron chi connectivity index (χ1n) is 6.66. The first kappa shape index (κ1) is 16.0. The van der Waals surface area contributed by atoms with Gasteiger partial charge in [-0.2, -0.15) is 0 Å². The molecule has 0 saturated heterocycles. The topological polar surface area (TPSA) is 105 Å². The van der Waals surface area contributed by atoms with Gasteiger partial charge in [0.05, 0.1) is 17.7 Å². The largest absolute Gasteiger partial charge is 0.489 e. The summed E-state index contributed by atoms with van der Waals surface area (Å²) in [7, 11) is 1.44. The van der Waals surface area contributed by atoms with Gasteiger partial charge in [-0.3, -0.25) is 10.1 Å². The number of azo groups is 1. The van der Waals surface area contributed by atoms with Crippen LogP contribution in [-0.2, 0) is 0 Å². The van der Waals surface area contributed by atoms with Gasteiger partial charge in [0.2, 0.25) is 11.1 Å². The molecular formula is C15H14N5O3+. The molecule has 2 rings (SSSR count). The van der Waals surface area contributed by atoms with Gasteiger partial charge in [-0.25, -0.2) is 0 Å². The van der Waals surface area contributed by atoms with Gasteiger partial charge < -0.3 is 4.74 Å². The van der Waals surface area contributed by atoms with Gasteiger partial charge in [0, 0.05) is 18.2 Å². The Balaban J connectivity index is 2.46. The molecule has 0 amide bonds. The number of diazo groups is 1. The molecule has 0 aliphatic heterocycles. The quantitative estimate of drug-likeness (QED) is 0.338. The summed E-state index contributed by atoms with van der Waals surface area (Å²) < 4.78 is 5.10. The van der Waals surface area contributed by atoms with E-state index in [1.54, 1.807) is 38.1 Å². The van der Waals surface area contributed by atoms with Crippen molar-refractivity contribution in [2.75, 3.05) is 7.11 Å². The summed E-state index contributed by atoms with van der Waals surface area (Å²) in [5.41, 5.74) is 2.24. The van der Waals surface area contributed by atoms with E-state index in [1.807, 2.05) is 0 Å². The Hall–Kier alpha value is -3.34. The number of hydrogen-bond acceptors (Lipinski definition) is 6. The fraction of sp³-hybridized carbons (Fsp3) is 0.200. The highest BCUT2D eigenvalue weighted by molar-refractivity contribution is 5.66. The van der Waals surface area contributed by atoms with Gasteiger partial charge in [-0.1, -0.05) is 6.07 Å². The third kappa shape index (κ3) is 3.47. The van der Waals surface area contributed by atoms with Crippen molar-refractivity contribution in [3.63, 3.8) is 0 Å². The number of aryl methyl sites for hydroxylation is 2. The van der Waals surface area contributed by atoms with Gasteiger partial charge in [0.1, 0.15) is 0 Å². The molecule has 0 spiro atoms. The van der Waals surface area contributed by atoms with Crippen LogP contribution in [0.1, 0.15) is 11.1 Å². The highest BCUT2D eigenvalue weighted by Crippen LogP contribution is 2.36. The summed E-state index contributed by atoms with van der Waals surface area (Å²) in [6, 6.07) is 7.84. The third-order valence-corrected chi connectivity index (χ3v) is 3.20. The zero-order chi connectivity index (χ0) is 17.0. The lowest BCUT2D eigenvalue weighted by Crippen LogP contribution is -1.89. The molecular weight excluding hydrogens is 298 g/mol. The first-order chi connectivity index (χ1) is 11.0. The molecule has 0 unspecified atom stereocenters. The normalized spacial score (nSPS) is 10.5. The van der Waals surface area contributed by atoms with E-state index in [0.29, 0.717) is 17.0 Å². The predicted octanol–water partition coefficient (Wildman–Crippen LogP) is 5.12. The highest BCUT2D eigenvalue weighted by Gasteiger charge is 2.18. The average Bonchev–Trinajstić information content (AvgIpc) is 2.54. The smallest absolute Gasteiger partial charge is 0.426 e. The second-order valence-corrected chi connectivity index (χ2v) is 4.86. The molecule has 8 nitrogen and oxygen atoms in total. The molecule has 0 heterocycles. The number of ether oxygens (including phenoxy) is 1. The van der Waals surface area contributed by atoms with Crippen LogP contribution in [-0.4, -0.2) is 12.0 Å². The molecule has 0 atom stereocenters. The van der Waals surface area contributed by atoms with Crippen molar-refractivity contribution in [3.05, 3.63) is 56.5 Å². The molecule has 0 bridgehead atoms. The molecule has 2 aromatic rings. The summed E-state index contributed by atoms with van der Waals surface area (Å²) in [5, 5.41) is 28.0. The molecule has 0 radical (unpaired) electrons. The van der Waals surface area contributed by atoms with Gasteiger partial charge >= 0.3 is 5.69 Å². The molecule has 116 valence electrons. The molecule has 0 fully saturated rings. The summed E-state index contributed by atoms with van der Waals surface area (Å²) in [6.07, 6.45) is 0. The standard InChI is InChI=1S/C15H14N5O3/c1-9-4-5-11(14(6-9)20(21)22)18-19-12-8-15(23-3)13(17-16)7-10(12)2/h4-8H,1-3H3/q+1/b19-18+. The number of rotatable bonds is 4. The fourth-order valence-corrected chi connectivity index (χ4v) is 1.98. The number of hydrogen-bond donors (Lipinski definition) is 0. The summed E-state index contributed by atoms with van der Waals surface area (Å²) in [6.45, 7) is 3.52. The van der Waals surface area contributed by atoms with Crippen molar-refractivity contribution in [1.82, 2.24) is 0 Å². The maximum Gasteiger partial charge on any atom is 0.426 e. The lowest BCUT2D eigenvalue weighted by molar-refractivity contribution is -0.384. The minimum absolute atomic E-state index is 0.111. The average molecular weight is 312 g/mol. The zero-order valence-corrected chi connectivity index (χ0v) is 12.8. The van der Waals surface area contributed by atoms with Gasteiger partial charge in [-0.15, -0.1) is 10.2 Å². The third-order valence-electron chi connectivity index (χ3n) is 3.20. The van der Waals surface area contributed by atoms with Crippen LogP contribution < -0.4 is 4.74 Å². The fourth-order valence-electron chi connectivity index (χ4n) is 1.98. The molecule has 0 aliphatic rings. The van der Waals surface area contributed by atoms with E-state index < -0.39 is 4.92 Å². The van der Waals surface area contributed by atoms with E-state index in [-0.39, 0.29) is 17.1 Å². The first-order valence-corrected chi connectivity index (χ1v) is 6.66. The lowest BCUT2D eigenvalue weighted by Gasteiger charge is -2.01. The molecule has 0 saturated carbocycles. The maximum atomic E-state index is 11.1. The Morgan fingerprint density at radius 1 is 1.17 bits per heavy atom. The van der Waals surface area contributed by atoms with Crippen molar-refractivity contribution in [3.8, 4) is 5.75 Å². The second-order valence-electron chi connectivity index (χ2n) is 4.86. The Morgan fingerprint density at radius 2 is 1.87 bits per heavy atom. The van der Waals surface area contributed by atoms with Gasteiger partial charge in [0.25, 0.3) is 5.69 Å². The van der Waals surface area contributed by atoms with E-state index in [1.165, 1.54) is 13.2 Å². The monoisotopic (exact) mass is 312 g/mol. The second kappa shape index (κ2) is 6.62. The zero-order valence-electron chi connectivity index (χ0n) is 12.8. The highest BCUT2D eigenvalue weighted by atomic mass is 16.6. The summed E-state index contributed by atoms with van der Waals surface area (Å²) in [4.78, 5) is 13.7. The van der Waals surface area contributed by atoms with Crippen LogP contribution in [0.2, 0.25) is 0 Å². The van der Waals surface area contributed by atoms with Crippen LogP contribution in [0.4, 0.5) is 22.7 Å². The van der Waals surface area contributed by atoms with Crippen LogP contribution in [0.5, 0.6) is 5.75 Å². The Kier molecular flexibility index (Phi) is 4.61. The Morgan fingerprint density at radius 3 is 2.48 bits per heavy atom. The van der Waals surface area contributed by atoms with E-state index in [9.17, 15) is 10.1 Å². The Labute approximate surface area is 132 Å². The van der Waals surface area contributed by atoms with Crippen LogP contribution in [0.25, 0.3) is 4.98 Å². The van der Waals surface area contributed by atoms with Crippen LogP contribution in [0, 0.1) is 29.4 Å². The molecule has 8 heteroatoms. The SMILES string of the molecule is COc1cc(/N=N/c2ccc(C)cc2[N+](=O)[O-])c(C)cc1[N+]#N. The van der Waals surface area contributed by atoms with Gasteiger partial charge in [0.15, 0.2) is 10.7 Å². The number of nitrogens with zero attached hydrogens (tertiary/aromatic N) is 5. The maximum absolute atomic E-state index is 11.1. The van der Waals surface area contributed by atoms with Crippen molar-refractivity contribution in [2.24, 2.45) is 10.2 Å². The van der Waals surface area contributed by atoms with Crippen molar-refractivity contribution < 1.29 is 9.66 Å². The van der Waals surface area contributed by atoms with E-state index in [4.69, 9.17) is 10.1 Å². The predicted molar refractivity (Wildman–Crippen MR) is 84.5 cm³/mol. The minimum Gasteiger partial charge on any atom is -0.489 e. The minimum atomic E-state index is -0.497. The van der Waals surface area contributed by atoms with Crippen LogP contribution >= 0.6 is 0 Å². The molecule has 0 N–H and O–H groups in total. The van der Waals surface area contributed by atoms with E-state index >= 15 is 0 Å². The van der Waals surface area contributed by atoms with Crippen molar-refractivity contribution in [1.29, 1.82) is 5.39 Å². The summed E-state index contributed by atoms with van der Waals surface area (Å²) in [5.74, 6) is 0.324. The summed E-state index contributed by atoms with van der Waals surface area (Å²) >= 11 is 0. The van der Waals surface area contributed by atoms with Gasteiger partial charge in [-0.05, 0) is 31.0 Å². The number of nitro groups is 1. The molecule has 0 aliphatic carbocycles. The van der Waals surface area contributed by atoms with Crippen molar-refractivity contribution in [2.45, 2.75) is 13.8 Å². The van der Waals surface area contributed by atoms with Crippen LogP contribution in [0.15, 0.2) is 40.6 Å². The van der Waals surface area contributed by atoms with E-state index in [0.717, 1.165) is 5.56 Å². The lowest BCUT2D eigenvalue weighted by atomic mass is 10.1. The molecule has 2 aromatic carbocycles. The number of benzene rings is 2. The Bertz CT molecular complexity index is 840. The van der Waals surface area contributed by atoms with Crippen LogP contribution in [0.3, 0.4) is 0 Å². The number of methoxy groups -OCH3 is 1. The van der Waals surface area contributed by atoms with Crippen molar-refractivity contribution >= 4 is 22.7 Å². The molecule has 23 heavy (non-hydrogen) atoms.